The minimum atomic E-state index is -0.171. The molecule has 2 unspecified atom stereocenters. The number of cyclic esters (lactones) is 1. The Bertz CT molecular complexity index is 124. The molecular weight excluding hydrogens is 136 g/mol. The van der Waals surface area contributed by atoms with Crippen molar-refractivity contribution in [3.63, 3.8) is 0 Å². The van der Waals surface area contributed by atoms with Crippen molar-refractivity contribution in [1.29, 1.82) is 0 Å². The molecule has 1 heterocycles. The normalized spacial score (nSPS) is 34.7. The highest BCUT2D eigenvalue weighted by molar-refractivity contribution is 7.81. The molecule has 2 nitrogen and oxygen atoms in total. The van der Waals surface area contributed by atoms with Gasteiger partial charge in [0.15, 0.2) is 0 Å². The summed E-state index contributed by atoms with van der Waals surface area (Å²) in [6.07, 6.45) is 1.81. The maximum atomic E-state index is 10.6. The van der Waals surface area contributed by atoms with Crippen LogP contribution >= 0.6 is 12.6 Å². The molecule has 2 atom stereocenters. The number of rotatable bonds is 1. The van der Waals surface area contributed by atoms with Gasteiger partial charge in [0.25, 0.3) is 0 Å². The van der Waals surface area contributed by atoms with Crippen molar-refractivity contribution < 1.29 is 9.53 Å². The first-order valence-corrected chi connectivity index (χ1v) is 3.64. The molecule has 1 fully saturated rings. The Kier molecular flexibility index (Phi) is 2.01. The molecule has 0 aromatic carbocycles. The van der Waals surface area contributed by atoms with Gasteiger partial charge in [0.1, 0.15) is 11.4 Å². The van der Waals surface area contributed by atoms with Crippen molar-refractivity contribution in [3.05, 3.63) is 0 Å². The van der Waals surface area contributed by atoms with E-state index in [4.69, 9.17) is 4.74 Å². The topological polar surface area (TPSA) is 26.3 Å². The van der Waals surface area contributed by atoms with Crippen LogP contribution in [0.5, 0.6) is 0 Å². The zero-order valence-corrected chi connectivity index (χ0v) is 6.23. The van der Waals surface area contributed by atoms with Crippen molar-refractivity contribution in [3.8, 4) is 0 Å². The third-order valence-corrected chi connectivity index (χ3v) is 1.92. The number of ether oxygens (including phenoxy) is 1. The Morgan fingerprint density at radius 1 is 1.89 bits per heavy atom. The quantitative estimate of drug-likeness (QED) is 0.441. The molecule has 0 bridgehead atoms. The first-order valence-electron chi connectivity index (χ1n) is 3.12. The molecular formula is C6H10O2S. The molecule has 1 aliphatic heterocycles. The lowest BCUT2D eigenvalue weighted by Gasteiger charge is -2.01. The van der Waals surface area contributed by atoms with Crippen LogP contribution in [0, 0.1) is 0 Å². The van der Waals surface area contributed by atoms with Gasteiger partial charge >= 0.3 is 5.97 Å². The molecule has 0 amide bonds. The number of thiol groups is 1. The number of hydrogen-bond donors (Lipinski definition) is 1. The summed E-state index contributed by atoms with van der Waals surface area (Å²) in [4.78, 5) is 10.6. The molecule has 0 aromatic rings. The molecule has 0 spiro atoms. The number of hydrogen-bond acceptors (Lipinski definition) is 3. The highest BCUT2D eigenvalue weighted by atomic mass is 32.1. The maximum Gasteiger partial charge on any atom is 0.319 e. The second kappa shape index (κ2) is 2.60. The summed E-state index contributed by atoms with van der Waals surface area (Å²) >= 11 is 4.03. The van der Waals surface area contributed by atoms with Crippen LogP contribution in [0.3, 0.4) is 0 Å². The van der Waals surface area contributed by atoms with E-state index in [1.54, 1.807) is 0 Å². The fourth-order valence-electron chi connectivity index (χ4n) is 0.886. The summed E-state index contributed by atoms with van der Waals surface area (Å²) in [6, 6.07) is 0. The van der Waals surface area contributed by atoms with Crippen molar-refractivity contribution in [2.24, 2.45) is 0 Å². The molecule has 0 N–H and O–H groups in total. The van der Waals surface area contributed by atoms with E-state index in [2.05, 4.69) is 12.6 Å². The molecule has 0 saturated carbocycles. The Morgan fingerprint density at radius 2 is 2.56 bits per heavy atom. The molecule has 1 rings (SSSR count). The Labute approximate surface area is 60.0 Å². The predicted octanol–water partition coefficient (Wildman–Crippen LogP) is 1.01. The van der Waals surface area contributed by atoms with Crippen LogP contribution in [0.2, 0.25) is 0 Å². The predicted molar refractivity (Wildman–Crippen MR) is 37.6 cm³/mol. The smallest absolute Gasteiger partial charge is 0.319 e. The summed E-state index contributed by atoms with van der Waals surface area (Å²) in [7, 11) is 0. The van der Waals surface area contributed by atoms with Gasteiger partial charge in [0, 0.05) is 6.42 Å². The van der Waals surface area contributed by atoms with Crippen LogP contribution in [0.15, 0.2) is 0 Å². The van der Waals surface area contributed by atoms with Crippen molar-refractivity contribution in [2.75, 3.05) is 0 Å². The molecule has 52 valence electrons. The Morgan fingerprint density at radius 3 is 2.78 bits per heavy atom. The summed E-state index contributed by atoms with van der Waals surface area (Å²) in [6.45, 7) is 2.00. The van der Waals surface area contributed by atoms with Gasteiger partial charge in [-0.2, -0.15) is 12.6 Å². The van der Waals surface area contributed by atoms with Crippen molar-refractivity contribution in [2.45, 2.75) is 31.1 Å². The van der Waals surface area contributed by atoms with Crippen LogP contribution in [-0.2, 0) is 9.53 Å². The van der Waals surface area contributed by atoms with E-state index in [9.17, 15) is 4.79 Å². The number of esters is 1. The lowest BCUT2D eigenvalue weighted by Crippen LogP contribution is -2.05. The lowest BCUT2D eigenvalue weighted by molar-refractivity contribution is -0.141. The van der Waals surface area contributed by atoms with E-state index in [-0.39, 0.29) is 17.3 Å². The summed E-state index contributed by atoms with van der Waals surface area (Å²) in [5.41, 5.74) is 0. The molecule has 1 aliphatic rings. The fourth-order valence-corrected chi connectivity index (χ4v) is 1.18. The molecule has 1 saturated heterocycles. The largest absolute Gasteiger partial charge is 0.462 e. The summed E-state index contributed by atoms with van der Waals surface area (Å²) in [5, 5.41) is -0.171. The van der Waals surface area contributed by atoms with Gasteiger partial charge in [-0.1, -0.05) is 6.92 Å². The molecule has 0 aromatic heterocycles. The van der Waals surface area contributed by atoms with Crippen molar-refractivity contribution >= 4 is 18.6 Å². The zero-order valence-electron chi connectivity index (χ0n) is 5.33. The van der Waals surface area contributed by atoms with E-state index >= 15 is 0 Å². The standard InChI is InChI=1S/C6H10O2S/c1-2-4-3-5(9)6(7)8-4/h4-5,9H,2-3H2,1H3. The molecule has 0 aliphatic carbocycles. The lowest BCUT2D eigenvalue weighted by atomic mass is 10.2. The van der Waals surface area contributed by atoms with Gasteiger partial charge in [-0.15, -0.1) is 0 Å². The van der Waals surface area contributed by atoms with Gasteiger partial charge in [-0.3, -0.25) is 4.79 Å². The summed E-state index contributed by atoms with van der Waals surface area (Å²) < 4.78 is 4.91. The van der Waals surface area contributed by atoms with Gasteiger partial charge in [-0.05, 0) is 6.42 Å². The Balaban J connectivity index is 2.44. The maximum absolute atomic E-state index is 10.6. The minimum absolute atomic E-state index is 0.125. The SMILES string of the molecule is CCC1CC(S)C(=O)O1. The Hall–Kier alpha value is -0.180. The number of carbonyl (C=O) groups is 1. The molecule has 0 radical (unpaired) electrons. The van der Waals surface area contributed by atoms with E-state index in [0.717, 1.165) is 12.8 Å². The monoisotopic (exact) mass is 146 g/mol. The van der Waals surface area contributed by atoms with Crippen LogP contribution in [-0.4, -0.2) is 17.3 Å². The van der Waals surface area contributed by atoms with Crippen LogP contribution in [0.4, 0.5) is 0 Å². The van der Waals surface area contributed by atoms with E-state index in [1.165, 1.54) is 0 Å². The van der Waals surface area contributed by atoms with E-state index < -0.39 is 0 Å². The third-order valence-electron chi connectivity index (χ3n) is 1.50. The van der Waals surface area contributed by atoms with Gasteiger partial charge in [0.05, 0.1) is 0 Å². The fraction of sp³-hybridized carbons (Fsp3) is 0.833. The summed E-state index contributed by atoms with van der Waals surface area (Å²) in [5.74, 6) is -0.162. The molecule has 3 heteroatoms. The highest BCUT2D eigenvalue weighted by Crippen LogP contribution is 2.20. The average molecular weight is 146 g/mol. The van der Waals surface area contributed by atoms with Crippen LogP contribution in [0.1, 0.15) is 19.8 Å². The van der Waals surface area contributed by atoms with E-state index in [1.807, 2.05) is 6.92 Å². The average Bonchev–Trinajstić information content (AvgIpc) is 2.13. The third kappa shape index (κ3) is 1.39. The van der Waals surface area contributed by atoms with Crippen molar-refractivity contribution in [1.82, 2.24) is 0 Å². The highest BCUT2D eigenvalue weighted by Gasteiger charge is 2.29. The van der Waals surface area contributed by atoms with Gasteiger partial charge < -0.3 is 4.74 Å². The van der Waals surface area contributed by atoms with Gasteiger partial charge in [-0.25, -0.2) is 0 Å². The van der Waals surface area contributed by atoms with Crippen LogP contribution in [0.25, 0.3) is 0 Å². The molecule has 9 heavy (non-hydrogen) atoms. The van der Waals surface area contributed by atoms with E-state index in [0.29, 0.717) is 0 Å². The first-order chi connectivity index (χ1) is 4.24. The van der Waals surface area contributed by atoms with Crippen LogP contribution < -0.4 is 0 Å². The second-order valence-electron chi connectivity index (χ2n) is 2.22. The first kappa shape index (κ1) is 6.93. The minimum Gasteiger partial charge on any atom is -0.462 e. The zero-order chi connectivity index (χ0) is 6.85. The van der Waals surface area contributed by atoms with Gasteiger partial charge in [0.2, 0.25) is 0 Å². The second-order valence-corrected chi connectivity index (χ2v) is 2.84. The number of carbonyl (C=O) groups excluding carboxylic acids is 1.